The molecule has 0 bridgehead atoms. The Balaban J connectivity index is 1.84. The van der Waals surface area contributed by atoms with Crippen molar-refractivity contribution in [3.63, 3.8) is 0 Å². The molecule has 0 unspecified atom stereocenters. The zero-order valence-electron chi connectivity index (χ0n) is 11.8. The number of likely N-dealkylation sites (tertiary alicyclic amines) is 1. The van der Waals surface area contributed by atoms with Crippen LogP contribution in [0.15, 0.2) is 24.3 Å². The van der Waals surface area contributed by atoms with Crippen LogP contribution < -0.4 is 4.74 Å². The first-order valence-electron chi connectivity index (χ1n) is 6.80. The van der Waals surface area contributed by atoms with Gasteiger partial charge in [-0.2, -0.15) is 0 Å². The molecule has 1 amide bonds. The maximum absolute atomic E-state index is 13.0. The van der Waals surface area contributed by atoms with E-state index in [9.17, 15) is 14.0 Å². The number of nitrogens with zero attached hydrogens (tertiary/aromatic N) is 1. The van der Waals surface area contributed by atoms with Crippen molar-refractivity contribution in [2.45, 2.75) is 19.8 Å². The van der Waals surface area contributed by atoms with Crippen LogP contribution in [0.2, 0.25) is 0 Å². The van der Waals surface area contributed by atoms with Crippen molar-refractivity contribution in [3.05, 3.63) is 30.1 Å². The third-order valence-corrected chi connectivity index (χ3v) is 3.89. The van der Waals surface area contributed by atoms with Gasteiger partial charge in [0.05, 0.1) is 5.41 Å². The highest BCUT2D eigenvalue weighted by atomic mass is 19.1. The number of aliphatic carboxylic acids is 1. The van der Waals surface area contributed by atoms with Crippen LogP contribution in [0.25, 0.3) is 0 Å². The Morgan fingerprint density at radius 2 is 2.05 bits per heavy atom. The van der Waals surface area contributed by atoms with Crippen LogP contribution in [0, 0.1) is 11.2 Å². The van der Waals surface area contributed by atoms with E-state index in [0.29, 0.717) is 31.7 Å². The normalized spacial score (nSPS) is 17.3. The second-order valence-electron chi connectivity index (χ2n) is 5.49. The molecule has 2 rings (SSSR count). The number of piperidine rings is 1. The highest BCUT2D eigenvalue weighted by molar-refractivity contribution is 5.79. The standard InChI is InChI=1S/C15H18FNO4/c1-15(14(19)20)5-7-17(8-6-15)13(18)10-21-12-4-2-3-11(16)9-12/h2-4,9H,5-8,10H2,1H3,(H,19,20). The molecule has 1 fully saturated rings. The van der Waals surface area contributed by atoms with Gasteiger partial charge in [0.15, 0.2) is 6.61 Å². The number of benzene rings is 1. The molecule has 0 radical (unpaired) electrons. The van der Waals surface area contributed by atoms with Gasteiger partial charge in [0.2, 0.25) is 0 Å². The maximum Gasteiger partial charge on any atom is 0.309 e. The lowest BCUT2D eigenvalue weighted by atomic mass is 9.80. The van der Waals surface area contributed by atoms with Gasteiger partial charge in [-0.3, -0.25) is 9.59 Å². The topological polar surface area (TPSA) is 66.8 Å². The summed E-state index contributed by atoms with van der Waals surface area (Å²) < 4.78 is 18.2. The van der Waals surface area contributed by atoms with Crippen LogP contribution in [0.1, 0.15) is 19.8 Å². The summed E-state index contributed by atoms with van der Waals surface area (Å²) >= 11 is 0. The molecule has 1 heterocycles. The Kier molecular flexibility index (Phi) is 4.45. The van der Waals surface area contributed by atoms with Crippen LogP contribution in [0.3, 0.4) is 0 Å². The highest BCUT2D eigenvalue weighted by Gasteiger charge is 2.37. The minimum absolute atomic E-state index is 0.173. The lowest BCUT2D eigenvalue weighted by Crippen LogP contribution is -2.46. The molecule has 0 aromatic heterocycles. The molecule has 1 aromatic carbocycles. The van der Waals surface area contributed by atoms with E-state index in [1.807, 2.05) is 0 Å². The Labute approximate surface area is 122 Å². The van der Waals surface area contributed by atoms with E-state index in [2.05, 4.69) is 0 Å². The van der Waals surface area contributed by atoms with Crippen molar-refractivity contribution in [1.29, 1.82) is 0 Å². The van der Waals surface area contributed by atoms with Crippen LogP contribution in [-0.2, 0) is 9.59 Å². The summed E-state index contributed by atoms with van der Waals surface area (Å²) in [6.45, 7) is 2.32. The summed E-state index contributed by atoms with van der Waals surface area (Å²) in [4.78, 5) is 24.7. The summed E-state index contributed by atoms with van der Waals surface area (Å²) in [6.07, 6.45) is 0.849. The van der Waals surface area contributed by atoms with Crippen LogP contribution >= 0.6 is 0 Å². The van der Waals surface area contributed by atoms with Crippen molar-refractivity contribution in [1.82, 2.24) is 4.90 Å². The molecule has 114 valence electrons. The van der Waals surface area contributed by atoms with E-state index >= 15 is 0 Å². The van der Waals surface area contributed by atoms with Crippen molar-refractivity contribution in [3.8, 4) is 5.75 Å². The summed E-state index contributed by atoms with van der Waals surface area (Å²) in [5.74, 6) is -1.16. The van der Waals surface area contributed by atoms with Crippen molar-refractivity contribution < 1.29 is 23.8 Å². The van der Waals surface area contributed by atoms with Crippen molar-refractivity contribution >= 4 is 11.9 Å². The van der Waals surface area contributed by atoms with Gasteiger partial charge in [0, 0.05) is 19.2 Å². The number of amides is 1. The quantitative estimate of drug-likeness (QED) is 0.921. The third-order valence-electron chi connectivity index (χ3n) is 3.89. The Bertz CT molecular complexity index is 538. The Hall–Kier alpha value is -2.11. The summed E-state index contributed by atoms with van der Waals surface area (Å²) in [5.41, 5.74) is -0.764. The van der Waals surface area contributed by atoms with Crippen molar-refractivity contribution in [2.24, 2.45) is 5.41 Å². The Morgan fingerprint density at radius 1 is 1.38 bits per heavy atom. The summed E-state index contributed by atoms with van der Waals surface area (Å²) in [6, 6.07) is 5.60. The Morgan fingerprint density at radius 3 is 2.62 bits per heavy atom. The summed E-state index contributed by atoms with van der Waals surface area (Å²) in [5, 5.41) is 9.14. The van der Waals surface area contributed by atoms with E-state index in [4.69, 9.17) is 9.84 Å². The first kappa shape index (κ1) is 15.3. The number of hydrogen-bond donors (Lipinski definition) is 1. The van der Waals surface area contributed by atoms with Gasteiger partial charge in [-0.15, -0.1) is 0 Å². The molecule has 0 saturated carbocycles. The lowest BCUT2D eigenvalue weighted by molar-refractivity contribution is -0.153. The second-order valence-corrected chi connectivity index (χ2v) is 5.49. The van der Waals surface area contributed by atoms with Gasteiger partial charge in [-0.05, 0) is 31.9 Å². The van der Waals surface area contributed by atoms with Crippen LogP contribution in [0.4, 0.5) is 4.39 Å². The maximum atomic E-state index is 13.0. The molecule has 1 aliphatic rings. The number of carboxylic acid groups (broad SMARTS) is 1. The molecule has 1 aromatic rings. The van der Waals surface area contributed by atoms with E-state index < -0.39 is 17.2 Å². The smallest absolute Gasteiger partial charge is 0.309 e. The number of carbonyl (C=O) groups is 2. The molecule has 1 N–H and O–H groups in total. The predicted octanol–water partition coefficient (Wildman–Crippen LogP) is 1.92. The fourth-order valence-electron chi connectivity index (χ4n) is 2.26. The van der Waals surface area contributed by atoms with Gasteiger partial charge in [0.25, 0.3) is 5.91 Å². The number of halogens is 1. The average Bonchev–Trinajstić information content (AvgIpc) is 2.45. The molecule has 1 aliphatic heterocycles. The first-order valence-corrected chi connectivity index (χ1v) is 6.80. The predicted molar refractivity (Wildman–Crippen MR) is 73.5 cm³/mol. The molecular weight excluding hydrogens is 277 g/mol. The van der Waals surface area contributed by atoms with Crippen LogP contribution in [-0.4, -0.2) is 41.6 Å². The van der Waals surface area contributed by atoms with Gasteiger partial charge < -0.3 is 14.7 Å². The monoisotopic (exact) mass is 295 g/mol. The van der Waals surface area contributed by atoms with Crippen molar-refractivity contribution in [2.75, 3.05) is 19.7 Å². The molecule has 1 saturated heterocycles. The molecule has 21 heavy (non-hydrogen) atoms. The zero-order chi connectivity index (χ0) is 15.5. The van der Waals surface area contributed by atoms with Gasteiger partial charge in [0.1, 0.15) is 11.6 Å². The van der Waals surface area contributed by atoms with E-state index in [-0.39, 0.29) is 12.5 Å². The minimum atomic E-state index is -0.828. The van der Waals surface area contributed by atoms with Gasteiger partial charge in [-0.1, -0.05) is 6.07 Å². The van der Waals surface area contributed by atoms with E-state index in [1.54, 1.807) is 17.9 Å². The average molecular weight is 295 g/mol. The minimum Gasteiger partial charge on any atom is -0.484 e. The number of carboxylic acids is 1. The largest absolute Gasteiger partial charge is 0.484 e. The lowest BCUT2D eigenvalue weighted by Gasteiger charge is -2.36. The van der Waals surface area contributed by atoms with E-state index in [0.717, 1.165) is 0 Å². The fraction of sp³-hybridized carbons (Fsp3) is 0.467. The number of carbonyl (C=O) groups excluding carboxylic acids is 1. The zero-order valence-corrected chi connectivity index (χ0v) is 11.8. The third kappa shape index (κ3) is 3.71. The second kappa shape index (κ2) is 6.11. The van der Waals surface area contributed by atoms with E-state index in [1.165, 1.54) is 18.2 Å². The van der Waals surface area contributed by atoms with Gasteiger partial charge >= 0.3 is 5.97 Å². The SMILES string of the molecule is CC1(C(=O)O)CCN(C(=O)COc2cccc(F)c2)CC1. The first-order chi connectivity index (χ1) is 9.90. The molecule has 5 nitrogen and oxygen atoms in total. The van der Waals surface area contributed by atoms with Gasteiger partial charge in [-0.25, -0.2) is 4.39 Å². The summed E-state index contributed by atoms with van der Waals surface area (Å²) in [7, 11) is 0. The highest BCUT2D eigenvalue weighted by Crippen LogP contribution is 2.31. The molecule has 6 heteroatoms. The molecule has 0 aliphatic carbocycles. The fourth-order valence-corrected chi connectivity index (χ4v) is 2.26. The molecule has 0 atom stereocenters. The number of rotatable bonds is 4. The number of hydrogen-bond acceptors (Lipinski definition) is 3. The molecular formula is C15H18FNO4. The number of ether oxygens (including phenoxy) is 1. The van der Waals surface area contributed by atoms with Crippen LogP contribution in [0.5, 0.6) is 5.75 Å². The molecule has 0 spiro atoms.